The van der Waals surface area contributed by atoms with E-state index in [1.165, 1.54) is 47.8 Å². The lowest BCUT2D eigenvalue weighted by atomic mass is 9.94. The minimum atomic E-state index is 0.0977. The third-order valence-electron chi connectivity index (χ3n) is 5.47. The van der Waals surface area contributed by atoms with Gasteiger partial charge in [-0.15, -0.1) is 0 Å². The molecule has 0 spiro atoms. The van der Waals surface area contributed by atoms with E-state index in [0.717, 1.165) is 34.3 Å². The minimum absolute atomic E-state index is 0.0977. The molecule has 3 nitrogen and oxygen atoms in total. The van der Waals surface area contributed by atoms with Gasteiger partial charge in [0.1, 0.15) is 9.23 Å². The van der Waals surface area contributed by atoms with Gasteiger partial charge in [0, 0.05) is 18.3 Å². The summed E-state index contributed by atoms with van der Waals surface area (Å²) >= 11 is 7.08. The van der Waals surface area contributed by atoms with Crippen molar-refractivity contribution in [1.29, 1.82) is 0 Å². The van der Waals surface area contributed by atoms with Crippen LogP contribution in [0, 0.1) is 6.92 Å². The average Bonchev–Trinajstić information content (AvgIpc) is 2.95. The third kappa shape index (κ3) is 3.01. The molecule has 3 aliphatic rings. The van der Waals surface area contributed by atoms with E-state index in [0.29, 0.717) is 0 Å². The van der Waals surface area contributed by atoms with Crippen LogP contribution in [0.4, 0.5) is 5.69 Å². The Hall–Kier alpha value is -1.59. The second kappa shape index (κ2) is 7.20. The number of hydrogen-bond donors (Lipinski definition) is 0. The number of rotatable bonds is 2. The summed E-state index contributed by atoms with van der Waals surface area (Å²) in [5.74, 6) is 0.0977. The predicted octanol–water partition coefficient (Wildman–Crippen LogP) is 5.25. The van der Waals surface area contributed by atoms with Gasteiger partial charge in [0.2, 0.25) is 0 Å². The Bertz CT molecular complexity index is 821. The first-order valence-electron chi connectivity index (χ1n) is 9.46. The number of carbonyl (C=O) groups excluding carboxylic acids is 1. The van der Waals surface area contributed by atoms with Crippen LogP contribution in [0.15, 0.2) is 34.9 Å². The quantitative estimate of drug-likeness (QED) is 0.513. The van der Waals surface area contributed by atoms with Crippen molar-refractivity contribution in [2.45, 2.75) is 52.0 Å². The molecule has 0 unspecified atom stereocenters. The van der Waals surface area contributed by atoms with Crippen LogP contribution in [0.2, 0.25) is 0 Å². The molecule has 0 atom stereocenters. The number of likely N-dealkylation sites (N-methyl/N-ethyl adjacent to an activating group) is 1. The van der Waals surface area contributed by atoms with Gasteiger partial charge in [-0.3, -0.25) is 9.69 Å². The molecule has 1 aliphatic carbocycles. The SMILES string of the molecule is CCN1/C(=C2\SC(=S)N(C3CCCCC3)C2=O)C=Cc2cc(C)ccc21. The zero-order valence-electron chi connectivity index (χ0n) is 15.3. The maximum absolute atomic E-state index is 13.2. The number of nitrogens with zero attached hydrogens (tertiary/aromatic N) is 2. The summed E-state index contributed by atoms with van der Waals surface area (Å²) in [6, 6.07) is 6.76. The highest BCUT2D eigenvalue weighted by atomic mass is 32.2. The van der Waals surface area contributed by atoms with E-state index in [1.807, 2.05) is 4.90 Å². The van der Waals surface area contributed by atoms with Crippen LogP contribution in [0.25, 0.3) is 6.08 Å². The van der Waals surface area contributed by atoms with Crippen molar-refractivity contribution >= 4 is 46.0 Å². The Labute approximate surface area is 165 Å². The number of thioether (sulfide) groups is 1. The molecule has 5 heteroatoms. The van der Waals surface area contributed by atoms with E-state index in [2.05, 4.69) is 49.1 Å². The van der Waals surface area contributed by atoms with Crippen molar-refractivity contribution < 1.29 is 4.79 Å². The first-order valence-corrected chi connectivity index (χ1v) is 10.7. The van der Waals surface area contributed by atoms with Gasteiger partial charge in [-0.2, -0.15) is 0 Å². The van der Waals surface area contributed by atoms with E-state index in [1.54, 1.807) is 0 Å². The third-order valence-corrected chi connectivity index (χ3v) is 6.88. The van der Waals surface area contributed by atoms with Crippen molar-refractivity contribution in [2.24, 2.45) is 0 Å². The zero-order chi connectivity index (χ0) is 18.3. The molecule has 0 N–H and O–H groups in total. The summed E-state index contributed by atoms with van der Waals surface area (Å²) in [5, 5.41) is 0. The van der Waals surface area contributed by atoms with Crippen LogP contribution in [0.1, 0.15) is 50.2 Å². The Morgan fingerprint density at radius 2 is 1.96 bits per heavy atom. The van der Waals surface area contributed by atoms with Gasteiger partial charge in [-0.1, -0.05) is 60.9 Å². The highest BCUT2D eigenvalue weighted by Gasteiger charge is 2.40. The lowest BCUT2D eigenvalue weighted by molar-refractivity contribution is -0.124. The lowest BCUT2D eigenvalue weighted by Gasteiger charge is -2.31. The molecule has 0 aromatic heterocycles. The number of carbonyl (C=O) groups is 1. The van der Waals surface area contributed by atoms with Crippen LogP contribution < -0.4 is 4.90 Å². The summed E-state index contributed by atoms with van der Waals surface area (Å²) in [6.07, 6.45) is 10.0. The number of allylic oxidation sites excluding steroid dienone is 1. The fourth-order valence-corrected chi connectivity index (χ4v) is 5.62. The Kier molecular flexibility index (Phi) is 4.93. The summed E-state index contributed by atoms with van der Waals surface area (Å²) < 4.78 is 0.726. The summed E-state index contributed by atoms with van der Waals surface area (Å²) in [4.78, 5) is 18.2. The molecule has 2 heterocycles. The van der Waals surface area contributed by atoms with Crippen LogP contribution in [-0.4, -0.2) is 27.7 Å². The largest absolute Gasteiger partial charge is 0.340 e. The second-order valence-electron chi connectivity index (χ2n) is 7.19. The number of anilines is 1. The number of hydrogen-bond acceptors (Lipinski definition) is 4. The molecule has 1 saturated carbocycles. The normalized spacial score (nSPS) is 23.8. The molecule has 4 rings (SSSR count). The maximum atomic E-state index is 13.2. The van der Waals surface area contributed by atoms with Gasteiger partial charge < -0.3 is 4.90 Å². The van der Waals surface area contributed by atoms with E-state index >= 15 is 0 Å². The standard InChI is InChI=1S/C21H24N2OS2/c1-3-22-17-11-9-14(2)13-15(17)10-12-18(22)19-20(24)23(21(25)26-19)16-7-5-4-6-8-16/h9-13,16H,3-8H2,1-2H3/b19-18-. The molecular formula is C21H24N2OS2. The van der Waals surface area contributed by atoms with Crippen molar-refractivity contribution in [3.8, 4) is 0 Å². The Balaban J connectivity index is 1.71. The van der Waals surface area contributed by atoms with Crippen LogP contribution in [-0.2, 0) is 4.79 Å². The summed E-state index contributed by atoms with van der Waals surface area (Å²) in [7, 11) is 0. The number of aryl methyl sites for hydroxylation is 1. The lowest BCUT2D eigenvalue weighted by Crippen LogP contribution is -2.40. The molecule has 1 aromatic carbocycles. The number of thiocarbonyl (C=S) groups is 1. The van der Waals surface area contributed by atoms with Crippen LogP contribution in [0.3, 0.4) is 0 Å². The summed E-state index contributed by atoms with van der Waals surface area (Å²) in [6.45, 7) is 5.06. The number of amides is 1. The van der Waals surface area contributed by atoms with Gasteiger partial charge in [0.25, 0.3) is 5.91 Å². The fourth-order valence-electron chi connectivity index (χ4n) is 4.17. The molecule has 0 radical (unpaired) electrons. The smallest absolute Gasteiger partial charge is 0.268 e. The average molecular weight is 385 g/mol. The van der Waals surface area contributed by atoms with Gasteiger partial charge >= 0.3 is 0 Å². The molecule has 26 heavy (non-hydrogen) atoms. The number of benzene rings is 1. The highest BCUT2D eigenvalue weighted by molar-refractivity contribution is 8.26. The van der Waals surface area contributed by atoms with E-state index < -0.39 is 0 Å². The van der Waals surface area contributed by atoms with E-state index in [4.69, 9.17) is 12.2 Å². The van der Waals surface area contributed by atoms with Gasteiger partial charge in [0.15, 0.2) is 0 Å². The molecule has 136 valence electrons. The molecule has 0 bridgehead atoms. The topological polar surface area (TPSA) is 23.6 Å². The monoisotopic (exact) mass is 384 g/mol. The van der Waals surface area contributed by atoms with Crippen LogP contribution >= 0.6 is 24.0 Å². The van der Waals surface area contributed by atoms with Crippen molar-refractivity contribution in [2.75, 3.05) is 11.4 Å². The first-order chi connectivity index (χ1) is 12.6. The summed E-state index contributed by atoms with van der Waals surface area (Å²) in [5.41, 5.74) is 4.60. The van der Waals surface area contributed by atoms with Gasteiger partial charge in [-0.25, -0.2) is 0 Å². The minimum Gasteiger partial charge on any atom is -0.340 e. The molecule has 1 saturated heterocycles. The van der Waals surface area contributed by atoms with Crippen molar-refractivity contribution in [3.05, 3.63) is 46.0 Å². The Morgan fingerprint density at radius 1 is 1.19 bits per heavy atom. The Morgan fingerprint density at radius 3 is 2.69 bits per heavy atom. The first kappa shape index (κ1) is 17.8. The second-order valence-corrected chi connectivity index (χ2v) is 8.83. The molecular weight excluding hydrogens is 360 g/mol. The molecule has 2 aliphatic heterocycles. The number of fused-ring (bicyclic) bond motifs is 1. The molecule has 1 amide bonds. The van der Waals surface area contributed by atoms with Gasteiger partial charge in [0.05, 0.1) is 5.70 Å². The van der Waals surface area contributed by atoms with E-state index in [-0.39, 0.29) is 11.9 Å². The fraction of sp³-hybridized carbons (Fsp3) is 0.429. The predicted molar refractivity (Wildman–Crippen MR) is 114 cm³/mol. The van der Waals surface area contributed by atoms with E-state index in [9.17, 15) is 4.79 Å². The van der Waals surface area contributed by atoms with Crippen molar-refractivity contribution in [1.82, 2.24) is 4.90 Å². The zero-order valence-corrected chi connectivity index (χ0v) is 17.0. The molecule has 1 aromatic rings. The van der Waals surface area contributed by atoms with Crippen LogP contribution in [0.5, 0.6) is 0 Å². The van der Waals surface area contributed by atoms with Crippen molar-refractivity contribution in [3.63, 3.8) is 0 Å². The molecule has 2 fully saturated rings. The maximum Gasteiger partial charge on any atom is 0.268 e. The van der Waals surface area contributed by atoms with Gasteiger partial charge in [-0.05, 0) is 50.5 Å². The highest BCUT2D eigenvalue weighted by Crippen LogP contribution is 2.41.